The summed E-state index contributed by atoms with van der Waals surface area (Å²) in [5.41, 5.74) is 0.732. The maximum atomic E-state index is 14.5. The molecule has 0 amide bonds. The molecule has 2 fully saturated rings. The molecule has 2 aromatic heterocycles. The van der Waals surface area contributed by atoms with Crippen molar-refractivity contribution in [3.05, 3.63) is 70.7 Å². The highest BCUT2D eigenvalue weighted by Crippen LogP contribution is 2.35. The Kier molecular flexibility index (Phi) is 6.31. The van der Waals surface area contributed by atoms with Crippen molar-refractivity contribution in [1.82, 2.24) is 14.5 Å². The highest BCUT2D eigenvalue weighted by molar-refractivity contribution is 7.90. The van der Waals surface area contributed by atoms with Gasteiger partial charge in [0, 0.05) is 56.8 Å². The highest BCUT2D eigenvalue weighted by atomic mass is 32.2. The van der Waals surface area contributed by atoms with Gasteiger partial charge in [-0.25, -0.2) is 22.8 Å². The first-order valence-electron chi connectivity index (χ1n) is 11.7. The number of rotatable bonds is 6. The van der Waals surface area contributed by atoms with Crippen LogP contribution in [0.4, 0.5) is 10.3 Å². The van der Waals surface area contributed by atoms with Gasteiger partial charge in [0.15, 0.2) is 9.84 Å². The molecular formula is C25H27FN4O4S. The molecular weight excluding hydrogens is 471 g/mol. The molecule has 1 aliphatic carbocycles. The van der Waals surface area contributed by atoms with Crippen LogP contribution >= 0.6 is 0 Å². The summed E-state index contributed by atoms with van der Waals surface area (Å²) in [6.07, 6.45) is 11.5. The van der Waals surface area contributed by atoms with E-state index in [2.05, 4.69) is 14.9 Å². The summed E-state index contributed by atoms with van der Waals surface area (Å²) in [6.45, 7) is 1.50. The van der Waals surface area contributed by atoms with Crippen molar-refractivity contribution in [1.29, 1.82) is 0 Å². The van der Waals surface area contributed by atoms with Gasteiger partial charge >= 0.3 is 0 Å². The lowest BCUT2D eigenvalue weighted by atomic mass is 9.81. The van der Waals surface area contributed by atoms with Crippen molar-refractivity contribution in [2.24, 2.45) is 0 Å². The molecule has 0 bridgehead atoms. The van der Waals surface area contributed by atoms with Crippen LogP contribution in [0.1, 0.15) is 43.6 Å². The first-order chi connectivity index (χ1) is 16.8. The van der Waals surface area contributed by atoms with Crippen LogP contribution in [0.3, 0.4) is 0 Å². The molecule has 8 nitrogen and oxygen atoms in total. The molecule has 0 atom stereocenters. The highest BCUT2D eigenvalue weighted by Gasteiger charge is 2.24. The van der Waals surface area contributed by atoms with Crippen molar-refractivity contribution in [3.63, 3.8) is 0 Å². The van der Waals surface area contributed by atoms with Crippen LogP contribution < -0.4 is 15.2 Å². The Morgan fingerprint density at radius 2 is 1.74 bits per heavy atom. The van der Waals surface area contributed by atoms with E-state index < -0.39 is 21.2 Å². The summed E-state index contributed by atoms with van der Waals surface area (Å²) >= 11 is 0. The third-order valence-electron chi connectivity index (χ3n) is 6.76. The van der Waals surface area contributed by atoms with Crippen molar-refractivity contribution in [3.8, 4) is 11.4 Å². The molecule has 1 saturated heterocycles. The molecule has 5 rings (SSSR count). The van der Waals surface area contributed by atoms with Gasteiger partial charge in [0.05, 0.1) is 10.6 Å². The zero-order valence-electron chi connectivity index (χ0n) is 19.4. The van der Waals surface area contributed by atoms with Crippen molar-refractivity contribution in [2.45, 2.75) is 49.0 Å². The van der Waals surface area contributed by atoms with Gasteiger partial charge in [-0.3, -0.25) is 9.36 Å². The fraction of sp³-hybridized carbons (Fsp3) is 0.400. The zero-order valence-corrected chi connectivity index (χ0v) is 20.2. The Hall–Kier alpha value is -3.27. The first-order valence-corrected chi connectivity index (χ1v) is 13.6. The van der Waals surface area contributed by atoms with Crippen LogP contribution in [0.2, 0.25) is 0 Å². The van der Waals surface area contributed by atoms with Gasteiger partial charge in [-0.05, 0) is 48.6 Å². The van der Waals surface area contributed by atoms with Crippen molar-refractivity contribution < 1.29 is 17.5 Å². The standard InChI is InChI=1S/C25H27FN4O4S/c1-35(32,33)21-5-6-23(22(26)14-21)30-12-9-20(13-24(30)31)34-19-7-10-29(11-8-19)25-27-15-18(16-28-25)17-3-2-4-17/h5-6,9,12-17,19H,2-4,7-8,10-11H2,1H3. The molecule has 3 heterocycles. The molecule has 3 aromatic rings. The molecule has 1 aliphatic heterocycles. The minimum absolute atomic E-state index is 0.0226. The average molecular weight is 499 g/mol. The molecule has 35 heavy (non-hydrogen) atoms. The second-order valence-corrected chi connectivity index (χ2v) is 11.2. The van der Waals surface area contributed by atoms with Gasteiger partial charge in [0.25, 0.3) is 5.56 Å². The van der Waals surface area contributed by atoms with E-state index >= 15 is 0 Å². The van der Waals surface area contributed by atoms with Gasteiger partial charge in [0.1, 0.15) is 17.7 Å². The molecule has 10 heteroatoms. The smallest absolute Gasteiger partial charge is 0.258 e. The van der Waals surface area contributed by atoms with Gasteiger partial charge < -0.3 is 9.64 Å². The number of ether oxygens (including phenoxy) is 1. The maximum Gasteiger partial charge on any atom is 0.258 e. The van der Waals surface area contributed by atoms with E-state index in [0.717, 1.165) is 48.8 Å². The second kappa shape index (κ2) is 9.41. The number of pyridine rings is 1. The Bertz CT molecular complexity index is 1380. The van der Waals surface area contributed by atoms with E-state index in [4.69, 9.17) is 4.74 Å². The summed E-state index contributed by atoms with van der Waals surface area (Å²) in [5.74, 6) is 0.970. The second-order valence-electron chi connectivity index (χ2n) is 9.20. The summed E-state index contributed by atoms with van der Waals surface area (Å²) in [4.78, 5) is 23.7. The minimum atomic E-state index is -3.54. The van der Waals surface area contributed by atoms with E-state index in [1.165, 1.54) is 49.2 Å². The number of nitrogens with zero attached hydrogens (tertiary/aromatic N) is 4. The Labute approximate surface area is 203 Å². The lowest BCUT2D eigenvalue weighted by Crippen LogP contribution is -2.39. The zero-order chi connectivity index (χ0) is 24.6. The van der Waals surface area contributed by atoms with E-state index in [0.29, 0.717) is 11.7 Å². The number of hydrogen-bond donors (Lipinski definition) is 0. The first kappa shape index (κ1) is 23.5. The topological polar surface area (TPSA) is 94.4 Å². The summed E-state index contributed by atoms with van der Waals surface area (Å²) in [6, 6.07) is 6.41. The van der Waals surface area contributed by atoms with Crippen LogP contribution in [-0.2, 0) is 9.84 Å². The molecule has 0 unspecified atom stereocenters. The predicted molar refractivity (Wildman–Crippen MR) is 130 cm³/mol. The number of anilines is 1. The molecule has 2 aliphatic rings. The van der Waals surface area contributed by atoms with Gasteiger partial charge in [-0.1, -0.05) is 6.42 Å². The molecule has 1 aromatic carbocycles. The average Bonchev–Trinajstić information content (AvgIpc) is 2.79. The Morgan fingerprint density at radius 3 is 2.31 bits per heavy atom. The van der Waals surface area contributed by atoms with Crippen LogP contribution in [-0.4, -0.2) is 48.4 Å². The largest absolute Gasteiger partial charge is 0.490 e. The summed E-state index contributed by atoms with van der Waals surface area (Å²) < 4.78 is 44.9. The number of aromatic nitrogens is 3. The van der Waals surface area contributed by atoms with Crippen LogP contribution in [0, 0.1) is 5.82 Å². The van der Waals surface area contributed by atoms with Crippen molar-refractivity contribution >= 4 is 15.8 Å². The lowest BCUT2D eigenvalue weighted by molar-refractivity contribution is 0.170. The fourth-order valence-electron chi connectivity index (χ4n) is 4.46. The van der Waals surface area contributed by atoms with E-state index in [1.54, 1.807) is 6.07 Å². The number of hydrogen-bond acceptors (Lipinski definition) is 7. The summed E-state index contributed by atoms with van der Waals surface area (Å²) in [7, 11) is -3.54. The Balaban J connectivity index is 1.21. The molecule has 184 valence electrons. The van der Waals surface area contributed by atoms with Gasteiger partial charge in [0.2, 0.25) is 5.95 Å². The van der Waals surface area contributed by atoms with Crippen molar-refractivity contribution in [2.75, 3.05) is 24.2 Å². The van der Waals surface area contributed by atoms with Gasteiger partial charge in [-0.15, -0.1) is 0 Å². The number of benzene rings is 1. The fourth-order valence-corrected chi connectivity index (χ4v) is 5.09. The minimum Gasteiger partial charge on any atom is -0.490 e. The predicted octanol–water partition coefficient (Wildman–Crippen LogP) is 3.49. The normalized spacial score (nSPS) is 17.3. The number of sulfone groups is 1. The lowest BCUT2D eigenvalue weighted by Gasteiger charge is -2.32. The number of piperidine rings is 1. The van der Waals surface area contributed by atoms with Crippen LogP contribution in [0.15, 0.2) is 58.6 Å². The van der Waals surface area contributed by atoms with E-state index in [1.807, 2.05) is 12.4 Å². The maximum absolute atomic E-state index is 14.5. The molecule has 1 saturated carbocycles. The van der Waals surface area contributed by atoms with Gasteiger partial charge in [-0.2, -0.15) is 0 Å². The molecule has 0 N–H and O–H groups in total. The van der Waals surface area contributed by atoms with E-state index in [9.17, 15) is 17.6 Å². The van der Waals surface area contributed by atoms with Crippen LogP contribution in [0.5, 0.6) is 5.75 Å². The van der Waals surface area contributed by atoms with E-state index in [-0.39, 0.29) is 16.7 Å². The third kappa shape index (κ3) is 5.07. The Morgan fingerprint density at radius 1 is 1.03 bits per heavy atom. The molecule has 0 spiro atoms. The summed E-state index contributed by atoms with van der Waals surface area (Å²) in [5, 5.41) is 0. The SMILES string of the molecule is CS(=O)(=O)c1ccc(-n2ccc(OC3CCN(c4ncc(C5CCC5)cn4)CC3)cc2=O)c(F)c1. The quantitative estimate of drug-likeness (QED) is 0.514. The molecule has 0 radical (unpaired) electrons. The third-order valence-corrected chi connectivity index (χ3v) is 7.87. The monoisotopic (exact) mass is 498 g/mol. The number of halogens is 1. The van der Waals surface area contributed by atoms with Crippen LogP contribution in [0.25, 0.3) is 5.69 Å².